The molecule has 0 aliphatic carbocycles. The molecule has 0 radical (unpaired) electrons. The van der Waals surface area contributed by atoms with E-state index in [0.717, 1.165) is 37.3 Å². The number of aliphatic imine (C=N–C) groups is 1. The van der Waals surface area contributed by atoms with Gasteiger partial charge in [0.2, 0.25) is 0 Å². The van der Waals surface area contributed by atoms with Gasteiger partial charge in [0, 0.05) is 39.2 Å². The number of nitrogens with one attached hydrogen (secondary N) is 3. The quantitative estimate of drug-likeness (QED) is 0.269. The molecule has 138 valence electrons. The number of rotatable bonds is 9. The number of carbonyl (C=O) groups is 2. The molecule has 0 saturated carbocycles. The van der Waals surface area contributed by atoms with Crippen molar-refractivity contribution in [3.8, 4) is 0 Å². The summed E-state index contributed by atoms with van der Waals surface area (Å²) >= 11 is 0. The van der Waals surface area contributed by atoms with Crippen molar-refractivity contribution in [3.05, 3.63) is 35.4 Å². The van der Waals surface area contributed by atoms with Crippen molar-refractivity contribution in [2.24, 2.45) is 4.99 Å². The van der Waals surface area contributed by atoms with E-state index in [1.165, 1.54) is 7.11 Å². The van der Waals surface area contributed by atoms with E-state index in [2.05, 4.69) is 25.7 Å². The second kappa shape index (κ2) is 11.9. The molecule has 1 amide bonds. The van der Waals surface area contributed by atoms with Crippen LogP contribution in [0.4, 0.5) is 0 Å². The van der Waals surface area contributed by atoms with Crippen LogP contribution in [0, 0.1) is 0 Å². The Morgan fingerprint density at radius 2 is 1.92 bits per heavy atom. The Hall–Kier alpha value is -2.57. The molecule has 0 aliphatic heterocycles. The Bertz CT molecular complexity index is 587. The minimum Gasteiger partial charge on any atom is -0.469 e. The Kier molecular flexibility index (Phi) is 9.74. The van der Waals surface area contributed by atoms with Crippen molar-refractivity contribution in [3.63, 3.8) is 0 Å². The van der Waals surface area contributed by atoms with Crippen LogP contribution < -0.4 is 16.0 Å². The molecule has 25 heavy (non-hydrogen) atoms. The minimum atomic E-state index is -0.179. The van der Waals surface area contributed by atoms with Crippen LogP contribution in [-0.4, -0.2) is 52.1 Å². The number of benzene rings is 1. The van der Waals surface area contributed by atoms with Gasteiger partial charge in [-0.2, -0.15) is 0 Å². The summed E-state index contributed by atoms with van der Waals surface area (Å²) in [6, 6.07) is 7.57. The van der Waals surface area contributed by atoms with E-state index in [-0.39, 0.29) is 11.9 Å². The molecule has 0 unspecified atom stereocenters. The van der Waals surface area contributed by atoms with Crippen LogP contribution in [0.1, 0.15) is 35.2 Å². The summed E-state index contributed by atoms with van der Waals surface area (Å²) in [4.78, 5) is 26.8. The normalized spacial score (nSPS) is 10.9. The lowest BCUT2D eigenvalue weighted by Crippen LogP contribution is -2.38. The summed E-state index contributed by atoms with van der Waals surface area (Å²) in [5.74, 6) is 0.459. The molecule has 1 aromatic rings. The van der Waals surface area contributed by atoms with Gasteiger partial charge >= 0.3 is 5.97 Å². The first-order valence-electron chi connectivity index (χ1n) is 8.43. The van der Waals surface area contributed by atoms with Crippen molar-refractivity contribution in [1.82, 2.24) is 16.0 Å². The number of ether oxygens (including phenoxy) is 1. The second-order valence-corrected chi connectivity index (χ2v) is 5.49. The molecule has 0 bridgehead atoms. The highest BCUT2D eigenvalue weighted by molar-refractivity contribution is 5.94. The highest BCUT2D eigenvalue weighted by Crippen LogP contribution is 2.05. The second-order valence-electron chi connectivity index (χ2n) is 5.49. The van der Waals surface area contributed by atoms with Gasteiger partial charge in [-0.3, -0.25) is 14.6 Å². The van der Waals surface area contributed by atoms with Crippen LogP contribution in [0.25, 0.3) is 0 Å². The van der Waals surface area contributed by atoms with Crippen LogP contribution >= 0.6 is 0 Å². The fourth-order valence-electron chi connectivity index (χ4n) is 2.26. The van der Waals surface area contributed by atoms with Crippen LogP contribution in [0.5, 0.6) is 0 Å². The van der Waals surface area contributed by atoms with E-state index in [9.17, 15) is 9.59 Å². The number of methoxy groups -OCH3 is 1. The van der Waals surface area contributed by atoms with E-state index in [0.29, 0.717) is 18.5 Å². The minimum absolute atomic E-state index is 0.0840. The van der Waals surface area contributed by atoms with Crippen molar-refractivity contribution in [2.45, 2.75) is 25.7 Å². The first-order valence-corrected chi connectivity index (χ1v) is 8.43. The fourth-order valence-corrected chi connectivity index (χ4v) is 2.26. The molecule has 7 nitrogen and oxygen atoms in total. The number of carbonyl (C=O) groups excluding carboxylic acids is 2. The number of unbranched alkanes of at least 4 members (excludes halogenated alkanes) is 1. The number of esters is 1. The lowest BCUT2D eigenvalue weighted by atomic mass is 10.1. The molecular weight excluding hydrogens is 320 g/mol. The molecule has 1 aromatic carbocycles. The predicted molar refractivity (Wildman–Crippen MR) is 98.8 cm³/mol. The number of nitrogens with zero attached hydrogens (tertiary/aromatic N) is 1. The SMILES string of the molecule is CN=C(NCCCCC(=O)OC)NCCc1cccc(C(=O)NC)c1. The molecule has 0 fully saturated rings. The number of hydrogen-bond donors (Lipinski definition) is 3. The molecule has 0 atom stereocenters. The van der Waals surface area contributed by atoms with Gasteiger partial charge in [-0.25, -0.2) is 0 Å². The average Bonchev–Trinajstić information content (AvgIpc) is 2.65. The van der Waals surface area contributed by atoms with E-state index in [1.807, 2.05) is 18.2 Å². The van der Waals surface area contributed by atoms with Crippen LogP contribution in [-0.2, 0) is 16.0 Å². The molecule has 0 aromatic heterocycles. The largest absolute Gasteiger partial charge is 0.469 e. The molecule has 0 spiro atoms. The zero-order chi connectivity index (χ0) is 18.5. The first kappa shape index (κ1) is 20.5. The van der Waals surface area contributed by atoms with Gasteiger partial charge in [-0.15, -0.1) is 0 Å². The van der Waals surface area contributed by atoms with Crippen molar-refractivity contribution < 1.29 is 14.3 Å². The van der Waals surface area contributed by atoms with Gasteiger partial charge in [0.05, 0.1) is 7.11 Å². The third kappa shape index (κ3) is 8.19. The van der Waals surface area contributed by atoms with Crippen molar-refractivity contribution in [1.29, 1.82) is 0 Å². The number of amides is 1. The maximum absolute atomic E-state index is 11.6. The third-order valence-electron chi connectivity index (χ3n) is 3.67. The lowest BCUT2D eigenvalue weighted by molar-refractivity contribution is -0.140. The molecular formula is C18H28N4O3. The van der Waals surface area contributed by atoms with Crippen molar-refractivity contribution in [2.75, 3.05) is 34.3 Å². The summed E-state index contributed by atoms with van der Waals surface area (Å²) in [5.41, 5.74) is 1.75. The molecule has 0 heterocycles. The molecule has 7 heteroatoms. The summed E-state index contributed by atoms with van der Waals surface area (Å²) in [6.45, 7) is 1.45. The van der Waals surface area contributed by atoms with E-state index in [4.69, 9.17) is 0 Å². The molecule has 0 aliphatic rings. The van der Waals surface area contributed by atoms with Crippen LogP contribution in [0.15, 0.2) is 29.3 Å². The zero-order valence-electron chi connectivity index (χ0n) is 15.2. The Morgan fingerprint density at radius 1 is 1.16 bits per heavy atom. The van der Waals surface area contributed by atoms with E-state index in [1.54, 1.807) is 20.2 Å². The monoisotopic (exact) mass is 348 g/mol. The lowest BCUT2D eigenvalue weighted by Gasteiger charge is -2.12. The van der Waals surface area contributed by atoms with E-state index >= 15 is 0 Å². The summed E-state index contributed by atoms with van der Waals surface area (Å²) in [7, 11) is 4.74. The number of hydrogen-bond acceptors (Lipinski definition) is 4. The Morgan fingerprint density at radius 3 is 2.60 bits per heavy atom. The smallest absolute Gasteiger partial charge is 0.305 e. The molecule has 0 saturated heterocycles. The fraction of sp³-hybridized carbons (Fsp3) is 0.500. The molecule has 3 N–H and O–H groups in total. The van der Waals surface area contributed by atoms with Gasteiger partial charge < -0.3 is 20.7 Å². The zero-order valence-corrected chi connectivity index (χ0v) is 15.2. The van der Waals surface area contributed by atoms with Gasteiger partial charge in [0.25, 0.3) is 5.91 Å². The summed E-state index contributed by atoms with van der Waals surface area (Å²) in [6.07, 6.45) is 2.87. The van der Waals surface area contributed by atoms with Crippen molar-refractivity contribution >= 4 is 17.8 Å². The van der Waals surface area contributed by atoms with Gasteiger partial charge in [0.15, 0.2) is 5.96 Å². The standard InChI is InChI=1S/C18H28N4O3/c1-19-17(24)15-8-6-7-14(13-15)10-12-22-18(20-2)21-11-5-4-9-16(23)25-3/h6-8,13H,4-5,9-12H2,1-3H3,(H,19,24)(H2,20,21,22). The van der Waals surface area contributed by atoms with Crippen LogP contribution in [0.2, 0.25) is 0 Å². The molecule has 1 rings (SSSR count). The van der Waals surface area contributed by atoms with E-state index < -0.39 is 0 Å². The highest BCUT2D eigenvalue weighted by Gasteiger charge is 2.04. The average molecular weight is 348 g/mol. The topological polar surface area (TPSA) is 91.8 Å². The summed E-state index contributed by atoms with van der Waals surface area (Å²) in [5, 5.41) is 9.07. The first-order chi connectivity index (χ1) is 12.1. The third-order valence-corrected chi connectivity index (χ3v) is 3.67. The van der Waals surface area contributed by atoms with Gasteiger partial charge in [-0.05, 0) is 37.0 Å². The van der Waals surface area contributed by atoms with Gasteiger partial charge in [0.1, 0.15) is 0 Å². The Balaban J connectivity index is 2.29. The highest BCUT2D eigenvalue weighted by atomic mass is 16.5. The maximum atomic E-state index is 11.6. The van der Waals surface area contributed by atoms with Gasteiger partial charge in [-0.1, -0.05) is 12.1 Å². The maximum Gasteiger partial charge on any atom is 0.305 e. The van der Waals surface area contributed by atoms with Crippen LogP contribution in [0.3, 0.4) is 0 Å². The number of guanidine groups is 1. The predicted octanol–water partition coefficient (Wildman–Crippen LogP) is 1.10. The Labute approximate surface area is 149 Å². The summed E-state index contributed by atoms with van der Waals surface area (Å²) < 4.78 is 4.60.